The Hall–Kier alpha value is -3.65. The van der Waals surface area contributed by atoms with Crippen LogP contribution in [-0.2, 0) is 22.4 Å². The zero-order valence-corrected chi connectivity index (χ0v) is 18.4. The molecule has 0 spiro atoms. The number of ether oxygens (including phenoxy) is 3. The molecule has 0 radical (unpaired) electrons. The molecule has 32 heavy (non-hydrogen) atoms. The molecule has 0 fully saturated rings. The number of carbonyl (C=O) groups excluding carboxylic acids is 1. The van der Waals surface area contributed by atoms with Gasteiger partial charge in [0.2, 0.25) is 0 Å². The van der Waals surface area contributed by atoms with Crippen molar-refractivity contribution < 1.29 is 19.0 Å². The first-order valence-electron chi connectivity index (χ1n) is 10.4. The molecule has 0 saturated heterocycles. The van der Waals surface area contributed by atoms with E-state index in [0.717, 1.165) is 16.8 Å². The van der Waals surface area contributed by atoms with Crippen LogP contribution in [0.25, 0.3) is 22.2 Å². The average molecular weight is 434 g/mol. The minimum absolute atomic E-state index is 0.232. The van der Waals surface area contributed by atoms with Crippen LogP contribution in [0.15, 0.2) is 48.5 Å². The Balaban J connectivity index is 1.75. The van der Waals surface area contributed by atoms with E-state index in [-0.39, 0.29) is 12.2 Å². The quantitative estimate of drug-likeness (QED) is 0.423. The summed E-state index contributed by atoms with van der Waals surface area (Å²) >= 11 is 0. The van der Waals surface area contributed by atoms with Crippen LogP contribution in [0.5, 0.6) is 5.75 Å². The lowest BCUT2D eigenvalue weighted by atomic mass is 10.1. The van der Waals surface area contributed by atoms with E-state index in [0.29, 0.717) is 35.5 Å². The zero-order valence-electron chi connectivity index (χ0n) is 18.4. The van der Waals surface area contributed by atoms with E-state index in [2.05, 4.69) is 0 Å². The predicted octanol–water partition coefficient (Wildman–Crippen LogP) is 3.61. The molecule has 0 unspecified atom stereocenters. The summed E-state index contributed by atoms with van der Waals surface area (Å²) in [6.07, 6.45) is 0.277. The highest BCUT2D eigenvalue weighted by Crippen LogP contribution is 2.29. The second-order valence-corrected chi connectivity index (χ2v) is 7.57. The van der Waals surface area contributed by atoms with Crippen molar-refractivity contribution in [3.8, 4) is 5.75 Å². The first-order valence-corrected chi connectivity index (χ1v) is 10.4. The maximum absolute atomic E-state index is 13.0. The molecule has 8 heteroatoms. The van der Waals surface area contributed by atoms with Gasteiger partial charge in [-0.25, -0.2) is 14.8 Å². The van der Waals surface area contributed by atoms with Crippen molar-refractivity contribution in [2.75, 3.05) is 26.6 Å². The summed E-state index contributed by atoms with van der Waals surface area (Å²) in [5, 5.41) is 0. The second kappa shape index (κ2) is 9.23. The van der Waals surface area contributed by atoms with Gasteiger partial charge in [0, 0.05) is 13.7 Å². The van der Waals surface area contributed by atoms with E-state index >= 15 is 0 Å². The number of hydrogen-bond acceptors (Lipinski definition) is 7. The van der Waals surface area contributed by atoms with Crippen molar-refractivity contribution in [1.82, 2.24) is 14.5 Å². The minimum Gasteiger partial charge on any atom is -0.497 e. The summed E-state index contributed by atoms with van der Waals surface area (Å²) in [6.45, 7) is 2.58. The predicted molar refractivity (Wildman–Crippen MR) is 123 cm³/mol. The summed E-state index contributed by atoms with van der Waals surface area (Å²) in [6, 6.07) is 15.4. The van der Waals surface area contributed by atoms with Crippen LogP contribution in [0.4, 0.5) is 5.82 Å². The Morgan fingerprint density at radius 1 is 1.06 bits per heavy atom. The summed E-state index contributed by atoms with van der Waals surface area (Å²) in [7, 11) is 3.19. The molecular formula is C24H26N4O4. The molecule has 2 aromatic heterocycles. The number of nitrogens with two attached hydrogens (primary N) is 1. The summed E-state index contributed by atoms with van der Waals surface area (Å²) in [5.74, 6) is 0.551. The number of nitrogens with zero attached hydrogens (tertiary/aromatic N) is 3. The number of methoxy groups -OCH3 is 2. The Morgan fingerprint density at radius 3 is 2.41 bits per heavy atom. The molecule has 0 bridgehead atoms. The summed E-state index contributed by atoms with van der Waals surface area (Å²) < 4.78 is 17.7. The molecule has 0 aliphatic heterocycles. The van der Waals surface area contributed by atoms with Crippen LogP contribution in [0.3, 0.4) is 0 Å². The standard InChI is InChI=1S/C24H26N4O4/c1-15(14-30-2)32-24(29)20-21-23(27-19-7-5-4-6-18(19)26-21)28(22(20)25)13-12-16-8-10-17(31-3)11-9-16/h4-11,15H,12-14,25H2,1-3H3/t15-/m1/s1. The average Bonchev–Trinajstić information content (AvgIpc) is 3.06. The van der Waals surface area contributed by atoms with Crippen molar-refractivity contribution in [3.05, 3.63) is 59.7 Å². The third-order valence-electron chi connectivity index (χ3n) is 5.29. The topological polar surface area (TPSA) is 101 Å². The highest BCUT2D eigenvalue weighted by atomic mass is 16.6. The summed E-state index contributed by atoms with van der Waals surface area (Å²) in [5.41, 5.74) is 10.2. The van der Waals surface area contributed by atoms with E-state index < -0.39 is 12.1 Å². The number of carbonyl (C=O) groups is 1. The number of anilines is 1. The van der Waals surface area contributed by atoms with Crippen molar-refractivity contribution in [2.45, 2.75) is 26.0 Å². The Kier molecular flexibility index (Phi) is 6.23. The van der Waals surface area contributed by atoms with E-state index in [1.807, 2.05) is 53.1 Å². The fourth-order valence-corrected chi connectivity index (χ4v) is 3.69. The number of aryl methyl sites for hydroxylation is 2. The van der Waals surface area contributed by atoms with Gasteiger partial charge in [-0.15, -0.1) is 0 Å². The maximum Gasteiger partial charge on any atom is 0.344 e. The molecule has 166 valence electrons. The molecule has 0 amide bonds. The molecular weight excluding hydrogens is 408 g/mol. The lowest BCUT2D eigenvalue weighted by Gasteiger charge is -2.12. The van der Waals surface area contributed by atoms with Crippen molar-refractivity contribution in [1.29, 1.82) is 0 Å². The van der Waals surface area contributed by atoms with Crippen LogP contribution in [0.1, 0.15) is 22.8 Å². The number of benzene rings is 2. The molecule has 4 aromatic rings. The minimum atomic E-state index is -0.537. The Labute approximate surface area is 185 Å². The zero-order chi connectivity index (χ0) is 22.7. The highest BCUT2D eigenvalue weighted by Gasteiger charge is 2.26. The van der Waals surface area contributed by atoms with E-state index in [9.17, 15) is 4.79 Å². The number of rotatable bonds is 8. The Morgan fingerprint density at radius 2 is 1.75 bits per heavy atom. The smallest absolute Gasteiger partial charge is 0.344 e. The third-order valence-corrected chi connectivity index (χ3v) is 5.29. The van der Waals surface area contributed by atoms with Gasteiger partial charge in [-0.1, -0.05) is 24.3 Å². The summed E-state index contributed by atoms with van der Waals surface area (Å²) in [4.78, 5) is 22.5. The SMILES string of the molecule is COC[C@@H](C)OC(=O)c1c(N)n(CCc2ccc(OC)cc2)c2nc3ccccc3nc12. The van der Waals surface area contributed by atoms with Gasteiger partial charge in [0.15, 0.2) is 5.65 Å². The van der Waals surface area contributed by atoms with Gasteiger partial charge >= 0.3 is 5.97 Å². The Bertz CT molecular complexity index is 1250. The van der Waals surface area contributed by atoms with E-state index in [1.54, 1.807) is 21.1 Å². The molecule has 8 nitrogen and oxygen atoms in total. The number of aromatic nitrogens is 3. The number of nitrogen functional groups attached to an aromatic ring is 1. The molecule has 2 aromatic carbocycles. The van der Waals surface area contributed by atoms with Gasteiger partial charge in [-0.05, 0) is 43.2 Å². The molecule has 0 aliphatic rings. The van der Waals surface area contributed by atoms with Gasteiger partial charge in [-0.3, -0.25) is 0 Å². The molecule has 2 heterocycles. The lowest BCUT2D eigenvalue weighted by molar-refractivity contribution is 0.0123. The van der Waals surface area contributed by atoms with Crippen LogP contribution in [0, 0.1) is 0 Å². The number of hydrogen-bond donors (Lipinski definition) is 1. The van der Waals surface area contributed by atoms with Crippen LogP contribution >= 0.6 is 0 Å². The molecule has 1 atom stereocenters. The number of fused-ring (bicyclic) bond motifs is 2. The van der Waals surface area contributed by atoms with Gasteiger partial charge < -0.3 is 24.5 Å². The third kappa shape index (κ3) is 4.22. The molecule has 0 aliphatic carbocycles. The maximum atomic E-state index is 13.0. The van der Waals surface area contributed by atoms with Crippen molar-refractivity contribution in [3.63, 3.8) is 0 Å². The van der Waals surface area contributed by atoms with Gasteiger partial charge in [0.05, 0.1) is 24.8 Å². The largest absolute Gasteiger partial charge is 0.497 e. The normalized spacial score (nSPS) is 12.2. The fraction of sp³-hybridized carbons (Fsp3) is 0.292. The second-order valence-electron chi connectivity index (χ2n) is 7.57. The van der Waals surface area contributed by atoms with Crippen LogP contribution < -0.4 is 10.5 Å². The van der Waals surface area contributed by atoms with Crippen molar-refractivity contribution >= 4 is 34.0 Å². The van der Waals surface area contributed by atoms with Gasteiger partial charge in [0.25, 0.3) is 0 Å². The number of para-hydroxylation sites is 2. The van der Waals surface area contributed by atoms with E-state index in [4.69, 9.17) is 29.9 Å². The van der Waals surface area contributed by atoms with Crippen LogP contribution in [-0.4, -0.2) is 47.4 Å². The molecule has 2 N–H and O–H groups in total. The number of esters is 1. The van der Waals surface area contributed by atoms with Crippen LogP contribution in [0.2, 0.25) is 0 Å². The van der Waals surface area contributed by atoms with Crippen molar-refractivity contribution in [2.24, 2.45) is 0 Å². The first-order chi connectivity index (χ1) is 15.5. The highest BCUT2D eigenvalue weighted by molar-refractivity contribution is 6.08. The lowest BCUT2D eigenvalue weighted by Crippen LogP contribution is -2.20. The van der Waals surface area contributed by atoms with E-state index in [1.165, 1.54) is 0 Å². The first kappa shape index (κ1) is 21.6. The van der Waals surface area contributed by atoms with Gasteiger partial charge in [0.1, 0.15) is 28.8 Å². The molecule has 4 rings (SSSR count). The molecule has 0 saturated carbocycles. The van der Waals surface area contributed by atoms with Gasteiger partial charge in [-0.2, -0.15) is 0 Å². The monoisotopic (exact) mass is 434 g/mol. The fourth-order valence-electron chi connectivity index (χ4n) is 3.69.